The van der Waals surface area contributed by atoms with Crippen LogP contribution in [0.15, 0.2) is 28.9 Å². The van der Waals surface area contributed by atoms with Crippen LogP contribution in [0.1, 0.15) is 5.56 Å². The minimum atomic E-state index is 0.326. The van der Waals surface area contributed by atoms with Crippen molar-refractivity contribution in [3.8, 4) is 11.5 Å². The fourth-order valence-electron chi connectivity index (χ4n) is 3.11. The molecular weight excluding hydrogens is 310 g/mol. The molecule has 0 atom stereocenters. The second-order valence-electron chi connectivity index (χ2n) is 6.17. The molecule has 1 saturated heterocycles. The summed E-state index contributed by atoms with van der Waals surface area (Å²) < 4.78 is 17.4. The van der Waals surface area contributed by atoms with Crippen LogP contribution in [-0.4, -0.2) is 54.6 Å². The first-order valence-electron chi connectivity index (χ1n) is 8.21. The number of hydrogen-bond acceptors (Lipinski definition) is 7. The van der Waals surface area contributed by atoms with Crippen LogP contribution < -0.4 is 19.9 Å². The quantitative estimate of drug-likeness (QED) is 0.777. The van der Waals surface area contributed by atoms with Gasteiger partial charge in [-0.3, -0.25) is 14.3 Å². The predicted molar refractivity (Wildman–Crippen MR) is 85.4 cm³/mol. The maximum atomic E-state index is 5.53. The van der Waals surface area contributed by atoms with Crippen LogP contribution >= 0.6 is 0 Å². The van der Waals surface area contributed by atoms with E-state index >= 15 is 0 Å². The van der Waals surface area contributed by atoms with Gasteiger partial charge in [0.05, 0.1) is 6.54 Å². The van der Waals surface area contributed by atoms with E-state index in [4.69, 9.17) is 19.7 Å². The standard InChI is InChI=1S/C16H22N5O3/c17-16-11-21(18-24-16)8-7-19-3-5-20(6-4-19)10-13-1-2-14-15(9-13)23-12-22-14/h1-2,9,11H,3-8,10,12,17H2/q+1. The maximum Gasteiger partial charge on any atom is 0.293 e. The average molecular weight is 332 g/mol. The molecule has 24 heavy (non-hydrogen) atoms. The van der Waals surface area contributed by atoms with Gasteiger partial charge in [0.1, 0.15) is 0 Å². The fraction of sp³-hybridized carbons (Fsp3) is 0.500. The van der Waals surface area contributed by atoms with Crippen molar-refractivity contribution >= 4 is 5.88 Å². The summed E-state index contributed by atoms with van der Waals surface area (Å²) in [5.74, 6) is 2.05. The second kappa shape index (κ2) is 6.66. The molecule has 128 valence electrons. The van der Waals surface area contributed by atoms with Crippen LogP contribution in [0.2, 0.25) is 0 Å². The molecule has 0 unspecified atom stereocenters. The lowest BCUT2D eigenvalue weighted by Gasteiger charge is -2.33. The van der Waals surface area contributed by atoms with Gasteiger partial charge in [-0.15, -0.1) is 0 Å². The third-order valence-electron chi connectivity index (χ3n) is 4.48. The summed E-state index contributed by atoms with van der Waals surface area (Å²) in [6.45, 7) is 7.24. The van der Waals surface area contributed by atoms with Crippen molar-refractivity contribution in [1.82, 2.24) is 15.1 Å². The lowest BCUT2D eigenvalue weighted by atomic mass is 10.1. The first kappa shape index (κ1) is 15.2. The van der Waals surface area contributed by atoms with Crippen LogP contribution in [0.5, 0.6) is 11.5 Å². The Morgan fingerprint density at radius 2 is 1.88 bits per heavy atom. The zero-order valence-corrected chi connectivity index (χ0v) is 13.6. The van der Waals surface area contributed by atoms with E-state index in [1.54, 1.807) is 10.9 Å². The van der Waals surface area contributed by atoms with Gasteiger partial charge < -0.3 is 15.2 Å². The molecule has 0 radical (unpaired) electrons. The Morgan fingerprint density at radius 1 is 1.08 bits per heavy atom. The molecule has 2 aliphatic heterocycles. The van der Waals surface area contributed by atoms with E-state index in [1.165, 1.54) is 5.56 Å². The van der Waals surface area contributed by atoms with E-state index in [9.17, 15) is 0 Å². The summed E-state index contributed by atoms with van der Waals surface area (Å²) in [6.07, 6.45) is 1.72. The number of nitrogen functional groups attached to an aromatic ring is 1. The number of aromatic nitrogens is 2. The van der Waals surface area contributed by atoms with Crippen molar-refractivity contribution < 1.29 is 18.7 Å². The summed E-state index contributed by atoms with van der Waals surface area (Å²) in [5, 5.41) is 3.86. The number of nitrogens with two attached hydrogens (primary N) is 1. The Bertz CT molecular complexity index is 697. The molecule has 1 aromatic carbocycles. The van der Waals surface area contributed by atoms with Crippen LogP contribution in [0.4, 0.5) is 5.88 Å². The van der Waals surface area contributed by atoms with Gasteiger partial charge in [-0.25, -0.2) is 0 Å². The van der Waals surface area contributed by atoms with E-state index < -0.39 is 0 Å². The Morgan fingerprint density at radius 3 is 2.67 bits per heavy atom. The number of anilines is 1. The summed E-state index contributed by atoms with van der Waals surface area (Å²) in [7, 11) is 0. The highest BCUT2D eigenvalue weighted by Crippen LogP contribution is 2.32. The second-order valence-corrected chi connectivity index (χ2v) is 6.17. The number of fused-ring (bicyclic) bond motifs is 1. The van der Waals surface area contributed by atoms with Crippen LogP contribution in [0, 0.1) is 0 Å². The molecule has 2 N–H and O–H groups in total. The maximum absolute atomic E-state index is 5.53. The molecular formula is C16H22N5O3+. The molecule has 0 bridgehead atoms. The molecule has 0 amide bonds. The highest BCUT2D eigenvalue weighted by Gasteiger charge is 2.20. The van der Waals surface area contributed by atoms with E-state index in [2.05, 4.69) is 27.2 Å². The van der Waals surface area contributed by atoms with Crippen LogP contribution in [-0.2, 0) is 13.1 Å². The zero-order valence-electron chi connectivity index (χ0n) is 13.6. The lowest BCUT2D eigenvalue weighted by molar-refractivity contribution is -0.761. The lowest BCUT2D eigenvalue weighted by Crippen LogP contribution is -2.49. The molecule has 8 heteroatoms. The van der Waals surface area contributed by atoms with Gasteiger partial charge in [0.25, 0.3) is 12.1 Å². The van der Waals surface area contributed by atoms with E-state index in [-0.39, 0.29) is 0 Å². The average Bonchev–Trinajstić information content (AvgIpc) is 3.22. The van der Waals surface area contributed by atoms with Gasteiger partial charge in [-0.05, 0) is 22.4 Å². The molecule has 0 saturated carbocycles. The van der Waals surface area contributed by atoms with E-state index in [0.29, 0.717) is 12.7 Å². The first-order valence-corrected chi connectivity index (χ1v) is 8.21. The first-order chi connectivity index (χ1) is 11.8. The molecule has 0 spiro atoms. The SMILES string of the molecule is Nc1c[n+](CCN2CCN(Cc3ccc4c(c3)OCO4)CC2)no1. The van der Waals surface area contributed by atoms with Crippen molar-refractivity contribution in [2.75, 3.05) is 45.3 Å². The summed E-state index contributed by atoms with van der Waals surface area (Å²) in [5.41, 5.74) is 6.79. The van der Waals surface area contributed by atoms with Gasteiger partial charge in [0.2, 0.25) is 12.1 Å². The Balaban J connectivity index is 1.24. The zero-order chi connectivity index (χ0) is 16.4. The Labute approximate surface area is 140 Å². The van der Waals surface area contributed by atoms with Crippen LogP contribution in [0.25, 0.3) is 0 Å². The minimum absolute atomic E-state index is 0.326. The number of benzene rings is 1. The van der Waals surface area contributed by atoms with Crippen LogP contribution in [0.3, 0.4) is 0 Å². The highest BCUT2D eigenvalue weighted by molar-refractivity contribution is 5.44. The van der Waals surface area contributed by atoms with Gasteiger partial charge in [-0.1, -0.05) is 6.07 Å². The van der Waals surface area contributed by atoms with Crippen molar-refractivity contribution in [2.24, 2.45) is 0 Å². The smallest absolute Gasteiger partial charge is 0.293 e. The van der Waals surface area contributed by atoms with Gasteiger partial charge in [0, 0.05) is 32.7 Å². The monoisotopic (exact) mass is 332 g/mol. The third-order valence-corrected chi connectivity index (χ3v) is 4.48. The number of piperazine rings is 1. The molecule has 2 aliphatic rings. The number of nitrogens with zero attached hydrogens (tertiary/aromatic N) is 4. The summed E-state index contributed by atoms with van der Waals surface area (Å²) >= 11 is 0. The van der Waals surface area contributed by atoms with Gasteiger partial charge >= 0.3 is 0 Å². The molecule has 0 aliphatic carbocycles. The molecule has 3 heterocycles. The fourth-order valence-corrected chi connectivity index (χ4v) is 3.11. The molecule has 1 aromatic heterocycles. The topological polar surface area (TPSA) is 80.9 Å². The van der Waals surface area contributed by atoms with Gasteiger partial charge in [0.15, 0.2) is 18.0 Å². The van der Waals surface area contributed by atoms with Crippen molar-refractivity contribution in [3.63, 3.8) is 0 Å². The molecule has 4 rings (SSSR count). The van der Waals surface area contributed by atoms with Crippen molar-refractivity contribution in [3.05, 3.63) is 30.0 Å². The van der Waals surface area contributed by atoms with E-state index in [0.717, 1.165) is 57.3 Å². The number of hydrogen-bond donors (Lipinski definition) is 1. The number of ether oxygens (including phenoxy) is 2. The molecule has 1 fully saturated rings. The minimum Gasteiger partial charge on any atom is -0.454 e. The van der Waals surface area contributed by atoms with Crippen molar-refractivity contribution in [1.29, 1.82) is 0 Å². The Kier molecular flexibility index (Phi) is 4.22. The summed E-state index contributed by atoms with van der Waals surface area (Å²) in [4.78, 5) is 4.91. The van der Waals surface area contributed by atoms with Crippen molar-refractivity contribution in [2.45, 2.75) is 13.1 Å². The highest BCUT2D eigenvalue weighted by atomic mass is 16.7. The number of rotatable bonds is 5. The van der Waals surface area contributed by atoms with E-state index in [1.807, 2.05) is 6.07 Å². The predicted octanol–water partition coefficient (Wildman–Crippen LogP) is 0.0908. The normalized spacial score (nSPS) is 18.2. The Hall–Kier alpha value is -2.32. The third kappa shape index (κ3) is 3.44. The van der Waals surface area contributed by atoms with Gasteiger partial charge in [-0.2, -0.15) is 0 Å². The summed E-state index contributed by atoms with van der Waals surface area (Å²) in [6, 6.07) is 6.20. The molecule has 8 nitrogen and oxygen atoms in total. The molecule has 2 aromatic rings. The largest absolute Gasteiger partial charge is 0.454 e.